The highest BCUT2D eigenvalue weighted by Crippen LogP contribution is 2.30. The Morgan fingerprint density at radius 1 is 1.22 bits per heavy atom. The third kappa shape index (κ3) is 5.85. The van der Waals surface area contributed by atoms with Crippen LogP contribution in [0.4, 0.5) is 5.69 Å². The maximum absolute atomic E-state index is 12.5. The zero-order valence-corrected chi connectivity index (χ0v) is 20.9. The van der Waals surface area contributed by atoms with Gasteiger partial charge in [-0.3, -0.25) is 14.9 Å². The van der Waals surface area contributed by atoms with Crippen LogP contribution in [0.5, 0.6) is 0 Å². The monoisotopic (exact) mass is 502 g/mol. The van der Waals surface area contributed by atoms with Crippen molar-refractivity contribution in [1.29, 1.82) is 5.26 Å². The molecule has 0 spiro atoms. The van der Waals surface area contributed by atoms with E-state index in [1.807, 2.05) is 50.2 Å². The standard InChI is InChI=1S/C27H26N4O4S/c1-18-14-20(15-21(16-28)27(32)29-17-24-4-3-13-35-24)19(2)30(18)22-5-9-25(10-6-22)36-26-11-7-23(8-12-26)31(33)34/h5-12,14-15,24H,3-4,13,17H2,1-2H3,(H,29,32)/b21-15+. The Morgan fingerprint density at radius 2 is 1.89 bits per heavy atom. The molecule has 1 amide bonds. The van der Waals surface area contributed by atoms with Crippen LogP contribution in [-0.4, -0.2) is 34.7 Å². The number of non-ortho nitro benzene ring substituents is 1. The second kappa shape index (κ2) is 11.2. The van der Waals surface area contributed by atoms with Gasteiger partial charge in [-0.25, -0.2) is 0 Å². The molecule has 0 radical (unpaired) electrons. The van der Waals surface area contributed by atoms with Gasteiger partial charge in [-0.05, 0) is 80.8 Å². The molecule has 1 aromatic heterocycles. The van der Waals surface area contributed by atoms with E-state index in [0.29, 0.717) is 13.2 Å². The number of aryl methyl sites for hydroxylation is 1. The number of hydrogen-bond acceptors (Lipinski definition) is 6. The average Bonchev–Trinajstić information content (AvgIpc) is 3.49. The van der Waals surface area contributed by atoms with Crippen LogP contribution in [0, 0.1) is 35.3 Å². The first-order chi connectivity index (χ1) is 17.4. The van der Waals surface area contributed by atoms with Crippen molar-refractivity contribution in [2.45, 2.75) is 42.6 Å². The summed E-state index contributed by atoms with van der Waals surface area (Å²) in [4.78, 5) is 24.9. The predicted molar refractivity (Wildman–Crippen MR) is 138 cm³/mol. The first-order valence-electron chi connectivity index (χ1n) is 11.6. The highest BCUT2D eigenvalue weighted by atomic mass is 32.2. The van der Waals surface area contributed by atoms with Crippen molar-refractivity contribution in [2.24, 2.45) is 0 Å². The van der Waals surface area contributed by atoms with Gasteiger partial charge in [0.1, 0.15) is 11.6 Å². The Labute approximate surface area is 213 Å². The van der Waals surface area contributed by atoms with Gasteiger partial charge >= 0.3 is 0 Å². The summed E-state index contributed by atoms with van der Waals surface area (Å²) in [6.45, 7) is 5.05. The number of nitrogens with zero attached hydrogens (tertiary/aromatic N) is 3. The Morgan fingerprint density at radius 3 is 2.47 bits per heavy atom. The molecule has 2 aromatic carbocycles. The van der Waals surface area contributed by atoms with Gasteiger partial charge in [0.2, 0.25) is 0 Å². The summed E-state index contributed by atoms with van der Waals surface area (Å²) in [7, 11) is 0. The molecule has 1 unspecified atom stereocenters. The van der Waals surface area contributed by atoms with Crippen LogP contribution in [0.3, 0.4) is 0 Å². The maximum atomic E-state index is 12.5. The lowest BCUT2D eigenvalue weighted by Gasteiger charge is -2.11. The number of nitrogens with one attached hydrogen (secondary N) is 1. The largest absolute Gasteiger partial charge is 0.376 e. The zero-order valence-electron chi connectivity index (χ0n) is 20.1. The van der Waals surface area contributed by atoms with Gasteiger partial charge in [0.25, 0.3) is 11.6 Å². The van der Waals surface area contributed by atoms with Crippen LogP contribution in [0.1, 0.15) is 29.8 Å². The maximum Gasteiger partial charge on any atom is 0.269 e. The lowest BCUT2D eigenvalue weighted by atomic mass is 10.1. The van der Waals surface area contributed by atoms with Gasteiger partial charge in [-0.2, -0.15) is 5.26 Å². The number of nitro groups is 1. The quantitative estimate of drug-likeness (QED) is 0.192. The smallest absolute Gasteiger partial charge is 0.269 e. The Hall–Kier alpha value is -3.87. The molecule has 0 bridgehead atoms. The number of amides is 1. The Bertz CT molecular complexity index is 1330. The Balaban J connectivity index is 1.48. The summed E-state index contributed by atoms with van der Waals surface area (Å²) in [5.41, 5.74) is 3.79. The van der Waals surface area contributed by atoms with Gasteiger partial charge in [-0.1, -0.05) is 11.8 Å². The molecule has 1 aliphatic rings. The molecule has 9 heteroatoms. The molecule has 1 fully saturated rings. The second-order valence-electron chi connectivity index (χ2n) is 8.52. The van der Waals surface area contributed by atoms with E-state index in [-0.39, 0.29) is 17.4 Å². The van der Waals surface area contributed by atoms with Gasteiger partial charge in [0.15, 0.2) is 0 Å². The fourth-order valence-electron chi connectivity index (χ4n) is 4.18. The third-order valence-electron chi connectivity index (χ3n) is 6.03. The van der Waals surface area contributed by atoms with Crippen LogP contribution in [0.25, 0.3) is 11.8 Å². The minimum atomic E-state index is -0.411. The molecule has 1 N–H and O–H groups in total. The van der Waals surface area contributed by atoms with Gasteiger partial charge in [0, 0.05) is 52.2 Å². The number of carbonyl (C=O) groups is 1. The minimum Gasteiger partial charge on any atom is -0.376 e. The summed E-state index contributed by atoms with van der Waals surface area (Å²) in [5, 5.41) is 23.2. The summed E-state index contributed by atoms with van der Waals surface area (Å²) in [6.07, 6.45) is 3.55. The van der Waals surface area contributed by atoms with Gasteiger partial charge in [-0.15, -0.1) is 0 Å². The highest BCUT2D eigenvalue weighted by Gasteiger charge is 2.18. The van der Waals surface area contributed by atoms with E-state index in [1.165, 1.54) is 23.9 Å². The number of carbonyl (C=O) groups excluding carboxylic acids is 1. The van der Waals surface area contributed by atoms with E-state index in [1.54, 1.807) is 18.2 Å². The van der Waals surface area contributed by atoms with Gasteiger partial charge in [0.05, 0.1) is 11.0 Å². The lowest BCUT2D eigenvalue weighted by Crippen LogP contribution is -2.32. The van der Waals surface area contributed by atoms with Crippen LogP contribution in [0.15, 0.2) is 70.0 Å². The van der Waals surface area contributed by atoms with Crippen LogP contribution in [0.2, 0.25) is 0 Å². The average molecular weight is 503 g/mol. The van der Waals surface area contributed by atoms with Crippen molar-refractivity contribution >= 4 is 29.4 Å². The number of benzene rings is 2. The van der Waals surface area contributed by atoms with Gasteiger partial charge < -0.3 is 14.6 Å². The van der Waals surface area contributed by atoms with Crippen molar-refractivity contribution < 1.29 is 14.5 Å². The molecular formula is C27H26N4O4S. The lowest BCUT2D eigenvalue weighted by molar-refractivity contribution is -0.384. The molecule has 0 saturated carbocycles. The summed E-state index contributed by atoms with van der Waals surface area (Å²) < 4.78 is 7.61. The number of aromatic nitrogens is 1. The summed E-state index contributed by atoms with van der Waals surface area (Å²) >= 11 is 1.52. The molecule has 36 heavy (non-hydrogen) atoms. The van der Waals surface area contributed by atoms with Crippen molar-refractivity contribution in [2.75, 3.05) is 13.2 Å². The number of hydrogen-bond donors (Lipinski definition) is 1. The molecule has 8 nitrogen and oxygen atoms in total. The van der Waals surface area contributed by atoms with Crippen LogP contribution in [-0.2, 0) is 9.53 Å². The normalized spacial score (nSPS) is 15.5. The molecule has 3 aromatic rings. The molecular weight excluding hydrogens is 476 g/mol. The molecule has 184 valence electrons. The zero-order chi connectivity index (χ0) is 25.7. The van der Waals surface area contributed by atoms with Crippen molar-refractivity contribution in [1.82, 2.24) is 9.88 Å². The topological polar surface area (TPSA) is 110 Å². The molecule has 1 atom stereocenters. The third-order valence-corrected chi connectivity index (χ3v) is 7.04. The van der Waals surface area contributed by atoms with Crippen molar-refractivity contribution in [3.8, 4) is 11.8 Å². The number of rotatable bonds is 8. The SMILES string of the molecule is Cc1cc(/C=C(\C#N)C(=O)NCC2CCCO2)c(C)n1-c1ccc(Sc2ccc([N+](=O)[O-])cc2)cc1. The van der Waals surface area contributed by atoms with Crippen molar-refractivity contribution in [3.05, 3.63) is 87.2 Å². The number of nitriles is 1. The van der Waals surface area contributed by atoms with E-state index in [9.17, 15) is 20.2 Å². The fraction of sp³-hybridized carbons (Fsp3) is 0.259. The van der Waals surface area contributed by atoms with E-state index >= 15 is 0 Å². The van der Waals surface area contributed by atoms with E-state index in [4.69, 9.17) is 4.74 Å². The molecule has 2 heterocycles. The predicted octanol–water partition coefficient (Wildman–Crippen LogP) is 5.36. The van der Waals surface area contributed by atoms with Crippen molar-refractivity contribution in [3.63, 3.8) is 0 Å². The molecule has 1 saturated heterocycles. The van der Waals surface area contributed by atoms with E-state index < -0.39 is 10.8 Å². The summed E-state index contributed by atoms with van der Waals surface area (Å²) in [6, 6.07) is 18.4. The Kier molecular flexibility index (Phi) is 7.88. The molecule has 0 aliphatic carbocycles. The second-order valence-corrected chi connectivity index (χ2v) is 9.67. The van der Waals surface area contributed by atoms with Crippen LogP contribution < -0.4 is 5.32 Å². The number of nitro benzene ring substituents is 1. The first kappa shape index (κ1) is 25.2. The molecule has 4 rings (SSSR count). The number of ether oxygens (including phenoxy) is 1. The molecule has 1 aliphatic heterocycles. The minimum absolute atomic E-state index is 0.0144. The summed E-state index contributed by atoms with van der Waals surface area (Å²) in [5.74, 6) is -0.398. The fourth-order valence-corrected chi connectivity index (χ4v) is 4.99. The van der Waals surface area contributed by atoms with E-state index in [0.717, 1.165) is 45.3 Å². The highest BCUT2D eigenvalue weighted by molar-refractivity contribution is 7.99. The van der Waals surface area contributed by atoms with E-state index in [2.05, 4.69) is 9.88 Å². The first-order valence-corrected chi connectivity index (χ1v) is 12.4. The van der Waals surface area contributed by atoms with Crippen LogP contribution >= 0.6 is 11.8 Å².